The van der Waals surface area contributed by atoms with Gasteiger partial charge in [-0.2, -0.15) is 4.39 Å². The summed E-state index contributed by atoms with van der Waals surface area (Å²) in [4.78, 5) is 12.2. The first-order chi connectivity index (χ1) is 10.8. The summed E-state index contributed by atoms with van der Waals surface area (Å²) in [5.41, 5.74) is 2.04. The van der Waals surface area contributed by atoms with Crippen LogP contribution in [-0.4, -0.2) is 19.5 Å². The maximum Gasteiger partial charge on any atom is 0.222 e. The van der Waals surface area contributed by atoms with Crippen LogP contribution in [0.15, 0.2) is 67.4 Å². The summed E-state index contributed by atoms with van der Waals surface area (Å²) >= 11 is 0. The van der Waals surface area contributed by atoms with Crippen molar-refractivity contribution in [2.75, 3.05) is 0 Å². The Morgan fingerprint density at radius 2 is 1.82 bits per heavy atom. The molecular weight excluding hydrogens is 279 g/mol. The van der Waals surface area contributed by atoms with E-state index in [9.17, 15) is 4.39 Å². The smallest absolute Gasteiger partial charge is 0.222 e. The number of halogens is 1. The lowest BCUT2D eigenvalue weighted by Crippen LogP contribution is -1.99. The van der Waals surface area contributed by atoms with Gasteiger partial charge in [-0.25, -0.2) is 4.98 Å². The van der Waals surface area contributed by atoms with Gasteiger partial charge in [0.1, 0.15) is 5.82 Å². The predicted molar refractivity (Wildman–Crippen MR) is 82.1 cm³/mol. The van der Waals surface area contributed by atoms with Crippen molar-refractivity contribution in [1.82, 2.24) is 19.5 Å². The maximum absolute atomic E-state index is 14.4. The average Bonchev–Trinajstić information content (AvgIpc) is 2.99. The van der Waals surface area contributed by atoms with Crippen molar-refractivity contribution in [2.45, 2.75) is 0 Å². The molecule has 5 heteroatoms. The monoisotopic (exact) mass is 290 g/mol. The second-order valence-electron chi connectivity index (χ2n) is 4.87. The second kappa shape index (κ2) is 5.04. The summed E-state index contributed by atoms with van der Waals surface area (Å²) in [6.45, 7) is 0. The Morgan fingerprint density at radius 3 is 2.64 bits per heavy atom. The lowest BCUT2D eigenvalue weighted by molar-refractivity contribution is 0.584. The van der Waals surface area contributed by atoms with Gasteiger partial charge >= 0.3 is 0 Å². The number of aromatic nitrogens is 4. The number of hydrogen-bond donors (Lipinski definition) is 0. The average molecular weight is 290 g/mol. The van der Waals surface area contributed by atoms with Crippen LogP contribution in [0.4, 0.5) is 4.39 Å². The minimum Gasteiger partial charge on any atom is -0.300 e. The van der Waals surface area contributed by atoms with Gasteiger partial charge in [-0.1, -0.05) is 6.07 Å². The van der Waals surface area contributed by atoms with E-state index in [-0.39, 0.29) is 0 Å². The molecule has 0 radical (unpaired) electrons. The van der Waals surface area contributed by atoms with Crippen molar-refractivity contribution < 1.29 is 4.39 Å². The van der Waals surface area contributed by atoms with E-state index in [0.29, 0.717) is 16.9 Å². The third kappa shape index (κ3) is 2.03. The normalized spacial score (nSPS) is 11.0. The molecule has 0 bridgehead atoms. The van der Waals surface area contributed by atoms with Gasteiger partial charge in [0.2, 0.25) is 5.95 Å². The van der Waals surface area contributed by atoms with E-state index in [4.69, 9.17) is 0 Å². The van der Waals surface area contributed by atoms with E-state index < -0.39 is 5.95 Å². The summed E-state index contributed by atoms with van der Waals surface area (Å²) in [5, 5.41) is 1.04. The van der Waals surface area contributed by atoms with Gasteiger partial charge in [-0.3, -0.25) is 14.5 Å². The fourth-order valence-corrected chi connectivity index (χ4v) is 2.47. The zero-order valence-electron chi connectivity index (χ0n) is 11.5. The molecule has 0 aliphatic rings. The van der Waals surface area contributed by atoms with E-state index >= 15 is 0 Å². The molecule has 0 aromatic carbocycles. The van der Waals surface area contributed by atoms with E-state index in [1.807, 2.05) is 29.0 Å². The standard InChI is InChI=1S/C17H11FN4/c18-17-14(13-2-1-7-19-10-13)3-4-16(21-17)22-9-6-12-5-8-20-11-15(12)22/h1-11H. The summed E-state index contributed by atoms with van der Waals surface area (Å²) in [6, 6.07) is 10.9. The fourth-order valence-electron chi connectivity index (χ4n) is 2.47. The maximum atomic E-state index is 14.4. The molecule has 4 aromatic heterocycles. The van der Waals surface area contributed by atoms with Crippen LogP contribution in [0.2, 0.25) is 0 Å². The molecule has 0 amide bonds. The molecule has 0 unspecified atom stereocenters. The van der Waals surface area contributed by atoms with Crippen LogP contribution in [0.1, 0.15) is 0 Å². The molecular formula is C17H11FN4. The van der Waals surface area contributed by atoms with Gasteiger partial charge in [0.15, 0.2) is 0 Å². The first-order valence-electron chi connectivity index (χ1n) is 6.81. The Balaban J connectivity index is 1.83. The topological polar surface area (TPSA) is 43.6 Å². The molecule has 0 N–H and O–H groups in total. The number of hydrogen-bond acceptors (Lipinski definition) is 3. The summed E-state index contributed by atoms with van der Waals surface area (Å²) in [7, 11) is 0. The number of fused-ring (bicyclic) bond motifs is 1. The van der Waals surface area contributed by atoms with Gasteiger partial charge in [-0.15, -0.1) is 0 Å². The van der Waals surface area contributed by atoms with Gasteiger partial charge < -0.3 is 0 Å². The van der Waals surface area contributed by atoms with E-state index in [0.717, 1.165) is 10.9 Å². The van der Waals surface area contributed by atoms with Crippen LogP contribution in [0, 0.1) is 5.95 Å². The zero-order valence-corrected chi connectivity index (χ0v) is 11.5. The van der Waals surface area contributed by atoms with Crippen molar-refractivity contribution in [3.05, 3.63) is 73.3 Å². The van der Waals surface area contributed by atoms with Gasteiger partial charge in [0, 0.05) is 41.3 Å². The number of rotatable bonds is 2. The molecule has 4 nitrogen and oxygen atoms in total. The Kier molecular flexibility index (Phi) is 2.89. The Hall–Kier alpha value is -3.08. The molecule has 0 aliphatic heterocycles. The summed E-state index contributed by atoms with van der Waals surface area (Å²) in [5.74, 6) is 0.00406. The largest absolute Gasteiger partial charge is 0.300 e. The predicted octanol–water partition coefficient (Wildman–Crippen LogP) is 3.62. The highest BCUT2D eigenvalue weighted by Crippen LogP contribution is 2.24. The molecule has 0 fully saturated rings. The molecule has 0 aliphatic carbocycles. The molecule has 0 atom stereocenters. The lowest BCUT2D eigenvalue weighted by atomic mass is 10.1. The van der Waals surface area contributed by atoms with E-state index in [1.54, 1.807) is 43.0 Å². The van der Waals surface area contributed by atoms with Crippen LogP contribution in [0.25, 0.3) is 27.8 Å². The molecule has 4 heterocycles. The van der Waals surface area contributed by atoms with Gasteiger partial charge in [-0.05, 0) is 30.3 Å². The first kappa shape index (κ1) is 12.6. The van der Waals surface area contributed by atoms with Gasteiger partial charge in [0.05, 0.1) is 11.7 Å². The van der Waals surface area contributed by atoms with Crippen molar-refractivity contribution in [1.29, 1.82) is 0 Å². The van der Waals surface area contributed by atoms with E-state index in [1.165, 1.54) is 0 Å². The number of nitrogens with zero attached hydrogens (tertiary/aromatic N) is 4. The lowest BCUT2D eigenvalue weighted by Gasteiger charge is -2.07. The highest BCUT2D eigenvalue weighted by molar-refractivity contribution is 5.80. The Bertz CT molecular complexity index is 947. The third-order valence-electron chi connectivity index (χ3n) is 3.55. The number of pyridine rings is 3. The minimum absolute atomic E-state index is 0.437. The zero-order chi connectivity index (χ0) is 14.9. The highest BCUT2D eigenvalue weighted by Gasteiger charge is 2.10. The van der Waals surface area contributed by atoms with Crippen LogP contribution >= 0.6 is 0 Å². The molecule has 22 heavy (non-hydrogen) atoms. The van der Waals surface area contributed by atoms with Crippen LogP contribution in [0.3, 0.4) is 0 Å². The summed E-state index contributed by atoms with van der Waals surface area (Å²) in [6.07, 6.45) is 8.60. The molecule has 4 aromatic rings. The molecule has 106 valence electrons. The minimum atomic E-state index is -0.517. The van der Waals surface area contributed by atoms with Gasteiger partial charge in [0.25, 0.3) is 0 Å². The quantitative estimate of drug-likeness (QED) is 0.530. The third-order valence-corrected chi connectivity index (χ3v) is 3.55. The Labute approximate surface area is 125 Å². The van der Waals surface area contributed by atoms with Crippen LogP contribution < -0.4 is 0 Å². The van der Waals surface area contributed by atoms with Crippen molar-refractivity contribution in [2.24, 2.45) is 0 Å². The van der Waals surface area contributed by atoms with Crippen molar-refractivity contribution in [3.63, 3.8) is 0 Å². The van der Waals surface area contributed by atoms with Crippen molar-refractivity contribution >= 4 is 10.9 Å². The first-order valence-corrected chi connectivity index (χ1v) is 6.81. The van der Waals surface area contributed by atoms with E-state index in [2.05, 4.69) is 15.0 Å². The SMILES string of the molecule is Fc1nc(-n2ccc3ccncc32)ccc1-c1cccnc1. The van der Waals surface area contributed by atoms with Crippen LogP contribution in [0.5, 0.6) is 0 Å². The fraction of sp³-hybridized carbons (Fsp3) is 0. The molecule has 0 saturated heterocycles. The molecule has 4 rings (SSSR count). The molecule has 0 saturated carbocycles. The second-order valence-corrected chi connectivity index (χ2v) is 4.87. The van der Waals surface area contributed by atoms with Crippen molar-refractivity contribution in [3.8, 4) is 16.9 Å². The van der Waals surface area contributed by atoms with Crippen LogP contribution in [-0.2, 0) is 0 Å². The summed E-state index contributed by atoms with van der Waals surface area (Å²) < 4.78 is 16.2. The molecule has 0 spiro atoms. The highest BCUT2D eigenvalue weighted by atomic mass is 19.1. The Morgan fingerprint density at radius 1 is 0.909 bits per heavy atom.